The molecule has 29 heavy (non-hydrogen) atoms. The summed E-state index contributed by atoms with van der Waals surface area (Å²) in [6.45, 7) is 0. The highest BCUT2D eigenvalue weighted by Gasteiger charge is 2.12. The minimum Gasteiger partial charge on any atom is -0.497 e. The molecule has 0 amide bonds. The van der Waals surface area contributed by atoms with E-state index in [1.807, 2.05) is 66.7 Å². The number of hydrogen-bond acceptors (Lipinski definition) is 4. The molecule has 0 aliphatic heterocycles. The fourth-order valence-electron chi connectivity index (χ4n) is 3.22. The molecule has 0 saturated carbocycles. The topological polar surface area (TPSA) is 63.4 Å². The lowest BCUT2D eigenvalue weighted by atomic mass is 10.1. The van der Waals surface area contributed by atoms with Crippen LogP contribution >= 0.6 is 11.6 Å². The third-order valence-corrected chi connectivity index (χ3v) is 4.99. The van der Waals surface area contributed by atoms with E-state index in [-0.39, 0.29) is 0 Å². The maximum Gasteiger partial charge on any atom is 0.230 e. The standard InChI is InChI=1S/C23H16ClN3O2/c1-28-15-10-11-21-14(12-15)13-16(22-25-19-8-4-5-9-20(19)26-22)23(29-21)27-18-7-3-2-6-17(18)24/h2-13H,1H3,(H,25,26). The van der Waals surface area contributed by atoms with Crippen molar-refractivity contribution in [3.63, 3.8) is 0 Å². The van der Waals surface area contributed by atoms with Crippen LogP contribution in [0.3, 0.4) is 0 Å². The predicted octanol–water partition coefficient (Wildman–Crippen LogP) is 5.87. The van der Waals surface area contributed by atoms with Crippen molar-refractivity contribution in [3.05, 3.63) is 83.4 Å². The number of nitrogens with zero attached hydrogens (tertiary/aromatic N) is 2. The Morgan fingerprint density at radius 1 is 1.00 bits per heavy atom. The molecule has 0 atom stereocenters. The second kappa shape index (κ2) is 7.11. The summed E-state index contributed by atoms with van der Waals surface area (Å²) in [7, 11) is 1.64. The average molecular weight is 402 g/mol. The molecule has 5 rings (SSSR count). The number of benzene rings is 3. The number of para-hydroxylation sites is 3. The molecule has 5 aromatic rings. The third-order valence-electron chi connectivity index (χ3n) is 4.67. The van der Waals surface area contributed by atoms with Gasteiger partial charge in [0, 0.05) is 5.39 Å². The Kier molecular flexibility index (Phi) is 4.30. The van der Waals surface area contributed by atoms with E-state index in [1.54, 1.807) is 13.2 Å². The minimum atomic E-state index is 0.426. The zero-order chi connectivity index (χ0) is 19.8. The van der Waals surface area contributed by atoms with E-state index in [4.69, 9.17) is 30.7 Å². The van der Waals surface area contributed by atoms with Gasteiger partial charge >= 0.3 is 0 Å². The summed E-state index contributed by atoms with van der Waals surface area (Å²) in [6.07, 6.45) is 0. The molecule has 0 bridgehead atoms. The first-order valence-electron chi connectivity index (χ1n) is 9.07. The number of methoxy groups -OCH3 is 1. The predicted molar refractivity (Wildman–Crippen MR) is 115 cm³/mol. The molecule has 1 N–H and O–H groups in total. The van der Waals surface area contributed by atoms with Crippen LogP contribution in [0.5, 0.6) is 5.75 Å². The Bertz CT molecular complexity index is 1390. The first kappa shape index (κ1) is 17.5. The Hall–Kier alpha value is -3.57. The van der Waals surface area contributed by atoms with Gasteiger partial charge in [0.1, 0.15) is 17.2 Å². The van der Waals surface area contributed by atoms with Crippen LogP contribution in [0.25, 0.3) is 33.4 Å². The molecule has 6 heteroatoms. The second-order valence-electron chi connectivity index (χ2n) is 6.53. The van der Waals surface area contributed by atoms with Crippen molar-refractivity contribution < 1.29 is 9.15 Å². The van der Waals surface area contributed by atoms with Gasteiger partial charge in [-0.3, -0.25) is 0 Å². The van der Waals surface area contributed by atoms with Crippen LogP contribution in [0.1, 0.15) is 0 Å². The van der Waals surface area contributed by atoms with Crippen LogP contribution in [0, 0.1) is 0 Å². The first-order chi connectivity index (χ1) is 14.2. The maximum absolute atomic E-state index is 6.32. The number of rotatable bonds is 3. The Morgan fingerprint density at radius 3 is 2.66 bits per heavy atom. The lowest BCUT2D eigenvalue weighted by Gasteiger charge is -2.05. The van der Waals surface area contributed by atoms with Crippen molar-refractivity contribution in [1.29, 1.82) is 0 Å². The fourth-order valence-corrected chi connectivity index (χ4v) is 3.40. The summed E-state index contributed by atoms with van der Waals surface area (Å²) in [5, 5.41) is 1.44. The van der Waals surface area contributed by atoms with Crippen LogP contribution in [-0.4, -0.2) is 17.1 Å². The Balaban J connectivity index is 1.82. The Labute approximate surface area is 171 Å². The summed E-state index contributed by atoms with van der Waals surface area (Å²) >= 11 is 6.32. The SMILES string of the molecule is COc1ccc2oc(=Nc3ccccc3Cl)c(-c3nc4ccccc4[nH]3)cc2c1. The summed E-state index contributed by atoms with van der Waals surface area (Å²) in [5.74, 6) is 1.42. The van der Waals surface area contributed by atoms with Gasteiger partial charge < -0.3 is 14.1 Å². The zero-order valence-corrected chi connectivity index (χ0v) is 16.3. The molecule has 5 nitrogen and oxygen atoms in total. The molecule has 0 aliphatic carbocycles. The van der Waals surface area contributed by atoms with E-state index in [0.29, 0.717) is 27.7 Å². The highest BCUT2D eigenvalue weighted by atomic mass is 35.5. The number of aromatic nitrogens is 2. The van der Waals surface area contributed by atoms with Crippen LogP contribution in [0.4, 0.5) is 5.69 Å². The Morgan fingerprint density at radius 2 is 1.83 bits per heavy atom. The quantitative estimate of drug-likeness (QED) is 0.411. The van der Waals surface area contributed by atoms with Gasteiger partial charge in [0.15, 0.2) is 0 Å². The molecule has 142 valence electrons. The van der Waals surface area contributed by atoms with Crippen molar-refractivity contribution in [2.45, 2.75) is 0 Å². The van der Waals surface area contributed by atoms with Crippen molar-refractivity contribution in [3.8, 4) is 17.1 Å². The molecule has 0 unspecified atom stereocenters. The smallest absolute Gasteiger partial charge is 0.230 e. The second-order valence-corrected chi connectivity index (χ2v) is 6.94. The van der Waals surface area contributed by atoms with E-state index in [1.165, 1.54) is 0 Å². The maximum atomic E-state index is 6.32. The molecule has 0 fully saturated rings. The highest BCUT2D eigenvalue weighted by molar-refractivity contribution is 6.32. The third kappa shape index (κ3) is 3.26. The van der Waals surface area contributed by atoms with Gasteiger partial charge in [-0.05, 0) is 48.5 Å². The number of halogens is 1. The van der Waals surface area contributed by atoms with E-state index in [0.717, 1.165) is 27.7 Å². The fraction of sp³-hybridized carbons (Fsp3) is 0.0435. The van der Waals surface area contributed by atoms with Crippen molar-refractivity contribution in [1.82, 2.24) is 9.97 Å². The van der Waals surface area contributed by atoms with E-state index >= 15 is 0 Å². The first-order valence-corrected chi connectivity index (χ1v) is 9.45. The number of hydrogen-bond donors (Lipinski definition) is 1. The number of H-pyrrole nitrogens is 1. The van der Waals surface area contributed by atoms with Crippen molar-refractivity contribution in [2.75, 3.05) is 7.11 Å². The molecule has 0 saturated heterocycles. The van der Waals surface area contributed by atoms with Crippen molar-refractivity contribution >= 4 is 39.3 Å². The lowest BCUT2D eigenvalue weighted by Crippen LogP contribution is -2.06. The number of nitrogens with one attached hydrogen (secondary N) is 1. The van der Waals surface area contributed by atoms with Gasteiger partial charge in [-0.2, -0.15) is 0 Å². The number of imidazole rings is 1. The monoisotopic (exact) mass is 401 g/mol. The van der Waals surface area contributed by atoms with Crippen molar-refractivity contribution in [2.24, 2.45) is 4.99 Å². The molecular formula is C23H16ClN3O2. The molecule has 2 aromatic heterocycles. The van der Waals surface area contributed by atoms with Gasteiger partial charge in [-0.15, -0.1) is 0 Å². The summed E-state index contributed by atoms with van der Waals surface area (Å²) in [4.78, 5) is 12.8. The summed E-state index contributed by atoms with van der Waals surface area (Å²) in [6, 6.07) is 22.9. The number of fused-ring (bicyclic) bond motifs is 2. The zero-order valence-electron chi connectivity index (χ0n) is 15.5. The van der Waals surface area contributed by atoms with E-state index < -0.39 is 0 Å². The average Bonchev–Trinajstić information content (AvgIpc) is 3.18. The van der Waals surface area contributed by atoms with Gasteiger partial charge in [-0.1, -0.05) is 35.9 Å². The molecule has 0 aliphatic rings. The van der Waals surface area contributed by atoms with Gasteiger partial charge in [0.2, 0.25) is 5.55 Å². The highest BCUT2D eigenvalue weighted by Crippen LogP contribution is 2.27. The normalized spacial score (nSPS) is 12.0. The van der Waals surface area contributed by atoms with Crippen LogP contribution < -0.4 is 10.3 Å². The van der Waals surface area contributed by atoms with Crippen LogP contribution in [-0.2, 0) is 0 Å². The van der Waals surface area contributed by atoms with Gasteiger partial charge in [-0.25, -0.2) is 9.98 Å². The lowest BCUT2D eigenvalue weighted by molar-refractivity contribution is 0.415. The van der Waals surface area contributed by atoms with Crippen LogP contribution in [0.2, 0.25) is 5.02 Å². The largest absolute Gasteiger partial charge is 0.497 e. The minimum absolute atomic E-state index is 0.426. The molecular weight excluding hydrogens is 386 g/mol. The molecule has 0 radical (unpaired) electrons. The molecule has 0 spiro atoms. The number of aromatic amines is 1. The summed E-state index contributed by atoms with van der Waals surface area (Å²) < 4.78 is 11.5. The van der Waals surface area contributed by atoms with Gasteiger partial charge in [0.25, 0.3) is 0 Å². The molecule has 2 heterocycles. The van der Waals surface area contributed by atoms with Gasteiger partial charge in [0.05, 0.1) is 34.4 Å². The van der Waals surface area contributed by atoms with E-state index in [9.17, 15) is 0 Å². The van der Waals surface area contributed by atoms with Crippen LogP contribution in [0.15, 0.2) is 82.2 Å². The number of ether oxygens (including phenoxy) is 1. The van der Waals surface area contributed by atoms with E-state index in [2.05, 4.69) is 4.98 Å². The molecule has 3 aromatic carbocycles. The summed E-state index contributed by atoms with van der Waals surface area (Å²) in [5.41, 5.74) is 4.30.